The molecule has 0 radical (unpaired) electrons. The van der Waals surface area contributed by atoms with Gasteiger partial charge in [-0.25, -0.2) is 4.98 Å². The van der Waals surface area contributed by atoms with Gasteiger partial charge in [0, 0.05) is 11.8 Å². The number of ketones is 1. The number of hydrogen-bond donors (Lipinski definition) is 0. The number of nitrogens with zero attached hydrogens (tertiary/aromatic N) is 1. The third-order valence-electron chi connectivity index (χ3n) is 2.56. The predicted octanol–water partition coefficient (Wildman–Crippen LogP) is 2.33. The summed E-state index contributed by atoms with van der Waals surface area (Å²) in [5.41, 5.74) is 0.859. The van der Waals surface area contributed by atoms with E-state index >= 15 is 0 Å². The first-order valence-corrected chi connectivity index (χ1v) is 5.44. The highest BCUT2D eigenvalue weighted by molar-refractivity contribution is 6.09. The zero-order valence-electron chi connectivity index (χ0n) is 10.2. The lowest BCUT2D eigenvalue weighted by Crippen LogP contribution is -2.06. The summed E-state index contributed by atoms with van der Waals surface area (Å²) in [7, 11) is 3.10. The highest BCUT2D eigenvalue weighted by atomic mass is 16.5. The van der Waals surface area contributed by atoms with Crippen molar-refractivity contribution in [2.45, 2.75) is 0 Å². The van der Waals surface area contributed by atoms with Crippen molar-refractivity contribution in [1.82, 2.24) is 4.98 Å². The van der Waals surface area contributed by atoms with Crippen molar-refractivity contribution in [3.05, 3.63) is 53.9 Å². The minimum absolute atomic E-state index is 0.171. The summed E-state index contributed by atoms with van der Waals surface area (Å²) in [6.07, 6.45) is 1.57. The van der Waals surface area contributed by atoms with Gasteiger partial charge in [-0.3, -0.25) is 4.79 Å². The molecular formula is C14H13NO3. The first kappa shape index (κ1) is 12.1. The molecule has 2 aromatic rings. The SMILES string of the molecule is COc1ccc(C(=O)c2ncccc2OC)cc1. The number of hydrogen-bond acceptors (Lipinski definition) is 4. The van der Waals surface area contributed by atoms with Crippen molar-refractivity contribution in [3.63, 3.8) is 0 Å². The fraction of sp³-hybridized carbons (Fsp3) is 0.143. The van der Waals surface area contributed by atoms with Crippen molar-refractivity contribution in [2.24, 2.45) is 0 Å². The average molecular weight is 243 g/mol. The fourth-order valence-electron chi connectivity index (χ4n) is 1.60. The van der Waals surface area contributed by atoms with Crippen molar-refractivity contribution in [1.29, 1.82) is 0 Å². The number of rotatable bonds is 4. The molecule has 92 valence electrons. The van der Waals surface area contributed by atoms with Gasteiger partial charge in [-0.05, 0) is 36.4 Å². The maximum absolute atomic E-state index is 12.2. The molecule has 0 saturated heterocycles. The molecule has 0 aliphatic carbocycles. The first-order valence-electron chi connectivity index (χ1n) is 5.44. The van der Waals surface area contributed by atoms with Crippen LogP contribution in [0, 0.1) is 0 Å². The normalized spacial score (nSPS) is 9.89. The first-order chi connectivity index (χ1) is 8.76. The van der Waals surface area contributed by atoms with Crippen LogP contribution >= 0.6 is 0 Å². The molecule has 0 aliphatic heterocycles. The Kier molecular flexibility index (Phi) is 3.57. The van der Waals surface area contributed by atoms with E-state index in [1.165, 1.54) is 7.11 Å². The lowest BCUT2D eigenvalue weighted by atomic mass is 10.1. The molecule has 4 nitrogen and oxygen atoms in total. The Morgan fingerprint density at radius 1 is 1.06 bits per heavy atom. The van der Waals surface area contributed by atoms with Crippen molar-refractivity contribution in [2.75, 3.05) is 14.2 Å². The summed E-state index contributed by atoms with van der Waals surface area (Å²) >= 11 is 0. The number of benzene rings is 1. The Balaban J connectivity index is 2.35. The number of pyridine rings is 1. The molecule has 0 unspecified atom stereocenters. The third-order valence-corrected chi connectivity index (χ3v) is 2.56. The molecule has 0 saturated carbocycles. The smallest absolute Gasteiger partial charge is 0.215 e. The van der Waals surface area contributed by atoms with Crippen LogP contribution in [0.4, 0.5) is 0 Å². The molecule has 0 N–H and O–H groups in total. The molecule has 18 heavy (non-hydrogen) atoms. The Morgan fingerprint density at radius 3 is 2.39 bits per heavy atom. The second-order valence-electron chi connectivity index (χ2n) is 3.61. The van der Waals surface area contributed by atoms with Crippen LogP contribution in [0.15, 0.2) is 42.6 Å². The zero-order chi connectivity index (χ0) is 13.0. The van der Waals surface area contributed by atoms with Gasteiger partial charge in [0.05, 0.1) is 14.2 Å². The Hall–Kier alpha value is -2.36. The lowest BCUT2D eigenvalue weighted by molar-refractivity contribution is 0.103. The number of methoxy groups -OCH3 is 2. The largest absolute Gasteiger partial charge is 0.497 e. The van der Waals surface area contributed by atoms with E-state index in [9.17, 15) is 4.79 Å². The van der Waals surface area contributed by atoms with Gasteiger partial charge in [-0.15, -0.1) is 0 Å². The van der Waals surface area contributed by atoms with E-state index in [-0.39, 0.29) is 5.78 Å². The summed E-state index contributed by atoms with van der Waals surface area (Å²) in [6.45, 7) is 0. The minimum atomic E-state index is -0.171. The quantitative estimate of drug-likeness (QED) is 0.773. The second-order valence-corrected chi connectivity index (χ2v) is 3.61. The fourth-order valence-corrected chi connectivity index (χ4v) is 1.60. The molecule has 1 aromatic heterocycles. The maximum atomic E-state index is 12.2. The highest BCUT2D eigenvalue weighted by Crippen LogP contribution is 2.20. The Morgan fingerprint density at radius 2 is 1.78 bits per heavy atom. The summed E-state index contributed by atoms with van der Waals surface area (Å²) in [5.74, 6) is 1.01. The zero-order valence-corrected chi connectivity index (χ0v) is 10.2. The number of ether oxygens (including phenoxy) is 2. The van der Waals surface area contributed by atoms with E-state index in [4.69, 9.17) is 9.47 Å². The van der Waals surface area contributed by atoms with Gasteiger partial charge >= 0.3 is 0 Å². The van der Waals surface area contributed by atoms with Gasteiger partial charge in [0.15, 0.2) is 5.69 Å². The van der Waals surface area contributed by atoms with E-state index in [2.05, 4.69) is 4.98 Å². The molecule has 0 aliphatic rings. The van der Waals surface area contributed by atoms with Crippen LogP contribution in [0.25, 0.3) is 0 Å². The maximum Gasteiger partial charge on any atom is 0.215 e. The van der Waals surface area contributed by atoms with Crippen molar-refractivity contribution < 1.29 is 14.3 Å². The molecule has 4 heteroatoms. The summed E-state index contributed by atoms with van der Waals surface area (Å²) in [5, 5.41) is 0. The molecule has 0 atom stereocenters. The third kappa shape index (κ3) is 2.32. The van der Waals surface area contributed by atoms with E-state index in [0.717, 1.165) is 0 Å². The monoisotopic (exact) mass is 243 g/mol. The van der Waals surface area contributed by atoms with E-state index in [0.29, 0.717) is 22.8 Å². The second kappa shape index (κ2) is 5.31. The summed E-state index contributed by atoms with van der Waals surface area (Å²) < 4.78 is 10.2. The number of aromatic nitrogens is 1. The van der Waals surface area contributed by atoms with Crippen LogP contribution in [0.3, 0.4) is 0 Å². The Bertz CT molecular complexity index is 549. The van der Waals surface area contributed by atoms with Crippen molar-refractivity contribution in [3.8, 4) is 11.5 Å². The summed E-state index contributed by atoms with van der Waals surface area (Å²) in [6, 6.07) is 10.3. The molecule has 1 aromatic carbocycles. The van der Waals surface area contributed by atoms with Crippen LogP contribution in [-0.2, 0) is 0 Å². The average Bonchev–Trinajstić information content (AvgIpc) is 2.46. The summed E-state index contributed by atoms with van der Waals surface area (Å²) in [4.78, 5) is 16.3. The molecule has 2 rings (SSSR count). The number of carbonyl (C=O) groups is 1. The predicted molar refractivity (Wildman–Crippen MR) is 67.2 cm³/mol. The lowest BCUT2D eigenvalue weighted by Gasteiger charge is -2.06. The van der Waals surface area contributed by atoms with Crippen LogP contribution in [0.1, 0.15) is 16.1 Å². The molecule has 0 amide bonds. The van der Waals surface area contributed by atoms with E-state index < -0.39 is 0 Å². The van der Waals surface area contributed by atoms with E-state index in [1.807, 2.05) is 0 Å². The van der Waals surface area contributed by atoms with E-state index in [1.54, 1.807) is 49.7 Å². The van der Waals surface area contributed by atoms with Crippen LogP contribution in [0.2, 0.25) is 0 Å². The highest BCUT2D eigenvalue weighted by Gasteiger charge is 2.15. The van der Waals surface area contributed by atoms with Crippen LogP contribution in [0.5, 0.6) is 11.5 Å². The molecule has 0 bridgehead atoms. The standard InChI is InChI=1S/C14H13NO3/c1-17-11-7-5-10(6-8-11)14(16)13-12(18-2)4-3-9-15-13/h3-9H,1-2H3. The Labute approximate surface area is 105 Å². The van der Waals surface area contributed by atoms with Crippen molar-refractivity contribution >= 4 is 5.78 Å². The van der Waals surface area contributed by atoms with Crippen LogP contribution < -0.4 is 9.47 Å². The number of carbonyl (C=O) groups excluding carboxylic acids is 1. The molecule has 0 spiro atoms. The van der Waals surface area contributed by atoms with Crippen LogP contribution in [-0.4, -0.2) is 25.0 Å². The van der Waals surface area contributed by atoms with Gasteiger partial charge in [0.2, 0.25) is 5.78 Å². The van der Waals surface area contributed by atoms with Gasteiger partial charge in [-0.2, -0.15) is 0 Å². The van der Waals surface area contributed by atoms with Gasteiger partial charge in [-0.1, -0.05) is 0 Å². The van der Waals surface area contributed by atoms with Gasteiger partial charge in [0.1, 0.15) is 11.5 Å². The molecular weight excluding hydrogens is 230 g/mol. The molecule has 0 fully saturated rings. The molecule has 1 heterocycles. The topological polar surface area (TPSA) is 48.4 Å². The van der Waals surface area contributed by atoms with Gasteiger partial charge in [0.25, 0.3) is 0 Å². The minimum Gasteiger partial charge on any atom is -0.497 e. The van der Waals surface area contributed by atoms with Gasteiger partial charge < -0.3 is 9.47 Å².